The topological polar surface area (TPSA) is 98.3 Å². The van der Waals surface area contributed by atoms with Gasteiger partial charge in [0.15, 0.2) is 0 Å². The van der Waals surface area contributed by atoms with Crippen LogP contribution in [0, 0.1) is 16.0 Å². The fourth-order valence-corrected chi connectivity index (χ4v) is 2.30. The molecule has 1 aliphatic carbocycles. The maximum Gasteiger partial charge on any atom is 0.304 e. The third-order valence-electron chi connectivity index (χ3n) is 3.64. The van der Waals surface area contributed by atoms with E-state index in [2.05, 4.69) is 5.32 Å². The van der Waals surface area contributed by atoms with Gasteiger partial charge < -0.3 is 11.1 Å². The number of benzene rings is 1. The van der Waals surface area contributed by atoms with E-state index in [0.29, 0.717) is 5.92 Å². The van der Waals surface area contributed by atoms with E-state index >= 15 is 0 Å². The maximum absolute atomic E-state index is 12.2. The van der Waals surface area contributed by atoms with Crippen molar-refractivity contribution in [3.63, 3.8) is 0 Å². The molecule has 0 bridgehead atoms. The molecule has 1 atom stereocenters. The normalized spacial score (nSPS) is 15.7. The van der Waals surface area contributed by atoms with Crippen LogP contribution in [0.5, 0.6) is 0 Å². The van der Waals surface area contributed by atoms with Crippen molar-refractivity contribution in [1.82, 2.24) is 5.32 Å². The van der Waals surface area contributed by atoms with E-state index in [1.165, 1.54) is 25.0 Å². The summed E-state index contributed by atoms with van der Waals surface area (Å²) < 4.78 is 0. The Morgan fingerprint density at radius 1 is 1.55 bits per heavy atom. The van der Waals surface area contributed by atoms with Gasteiger partial charge in [-0.05, 0) is 30.9 Å². The highest BCUT2D eigenvalue weighted by molar-refractivity contribution is 6.00. The summed E-state index contributed by atoms with van der Waals surface area (Å²) >= 11 is 0. The summed E-state index contributed by atoms with van der Waals surface area (Å²) in [6.07, 6.45) is 4.19. The van der Waals surface area contributed by atoms with Crippen LogP contribution < -0.4 is 11.1 Å². The Bertz CT molecular complexity index is 526. The number of carbonyl (C=O) groups is 1. The number of anilines is 1. The Morgan fingerprint density at radius 2 is 2.25 bits per heavy atom. The number of hydrogen-bond acceptors (Lipinski definition) is 4. The summed E-state index contributed by atoms with van der Waals surface area (Å²) in [6, 6.07) is 4.49. The van der Waals surface area contributed by atoms with Gasteiger partial charge in [0.1, 0.15) is 11.3 Å². The number of rotatable bonds is 6. The average Bonchev–Trinajstić information content (AvgIpc) is 3.21. The van der Waals surface area contributed by atoms with Gasteiger partial charge in [0, 0.05) is 6.04 Å². The van der Waals surface area contributed by atoms with Crippen molar-refractivity contribution in [2.75, 3.05) is 5.73 Å². The van der Waals surface area contributed by atoms with Gasteiger partial charge in [0.2, 0.25) is 0 Å². The van der Waals surface area contributed by atoms with Gasteiger partial charge in [-0.1, -0.05) is 25.8 Å². The number of carbonyl (C=O) groups excluding carboxylic acids is 1. The Labute approximate surface area is 117 Å². The lowest BCUT2D eigenvalue weighted by molar-refractivity contribution is -0.384. The molecule has 2 rings (SSSR count). The number of nitro groups is 1. The van der Waals surface area contributed by atoms with E-state index in [4.69, 9.17) is 5.73 Å². The summed E-state index contributed by atoms with van der Waals surface area (Å²) in [7, 11) is 0. The van der Waals surface area contributed by atoms with Gasteiger partial charge >= 0.3 is 5.69 Å². The molecule has 20 heavy (non-hydrogen) atoms. The summed E-state index contributed by atoms with van der Waals surface area (Å²) in [6.45, 7) is 2.00. The van der Waals surface area contributed by atoms with Crippen LogP contribution in [0.15, 0.2) is 18.2 Å². The molecule has 108 valence electrons. The third-order valence-corrected chi connectivity index (χ3v) is 3.64. The number of nitrogen functional groups attached to an aromatic ring is 1. The van der Waals surface area contributed by atoms with Crippen LogP contribution in [0.2, 0.25) is 0 Å². The second-order valence-corrected chi connectivity index (χ2v) is 5.26. The molecule has 1 aromatic carbocycles. The Morgan fingerprint density at radius 3 is 2.80 bits per heavy atom. The van der Waals surface area contributed by atoms with Crippen LogP contribution in [-0.2, 0) is 0 Å². The molecule has 6 nitrogen and oxygen atoms in total. The molecular formula is C14H19N3O3. The van der Waals surface area contributed by atoms with Gasteiger partial charge in [0.05, 0.1) is 4.92 Å². The molecule has 1 saturated carbocycles. The van der Waals surface area contributed by atoms with Crippen LogP contribution in [0.4, 0.5) is 11.4 Å². The van der Waals surface area contributed by atoms with Gasteiger partial charge in [-0.15, -0.1) is 0 Å². The summed E-state index contributed by atoms with van der Waals surface area (Å²) in [5.74, 6) is 0.271. The first-order valence-corrected chi connectivity index (χ1v) is 6.86. The molecule has 0 heterocycles. The van der Waals surface area contributed by atoms with Gasteiger partial charge in [-0.3, -0.25) is 14.9 Å². The predicted octanol–water partition coefficient (Wildman–Crippen LogP) is 2.49. The van der Waals surface area contributed by atoms with Crippen molar-refractivity contribution in [3.05, 3.63) is 33.9 Å². The molecule has 1 aromatic rings. The zero-order chi connectivity index (χ0) is 14.7. The lowest BCUT2D eigenvalue weighted by atomic mass is 10.1. The van der Waals surface area contributed by atoms with Gasteiger partial charge in [-0.2, -0.15) is 0 Å². The quantitative estimate of drug-likeness (QED) is 0.474. The molecule has 0 aliphatic heterocycles. The monoisotopic (exact) mass is 277 g/mol. The molecule has 1 aliphatic rings. The number of para-hydroxylation sites is 1. The van der Waals surface area contributed by atoms with Crippen LogP contribution in [0.1, 0.15) is 43.0 Å². The first-order chi connectivity index (χ1) is 9.52. The summed E-state index contributed by atoms with van der Waals surface area (Å²) in [5, 5.41) is 13.9. The minimum Gasteiger partial charge on any atom is -0.393 e. The fourth-order valence-electron chi connectivity index (χ4n) is 2.30. The second-order valence-electron chi connectivity index (χ2n) is 5.26. The fraction of sp³-hybridized carbons (Fsp3) is 0.500. The molecule has 0 spiro atoms. The number of nitro benzene ring substituents is 1. The lowest BCUT2D eigenvalue weighted by Crippen LogP contribution is -2.35. The largest absolute Gasteiger partial charge is 0.393 e. The van der Waals surface area contributed by atoms with Crippen molar-refractivity contribution >= 4 is 17.3 Å². The molecule has 3 N–H and O–H groups in total. The maximum atomic E-state index is 12.2. The molecule has 6 heteroatoms. The minimum absolute atomic E-state index is 0.0119. The van der Waals surface area contributed by atoms with E-state index in [0.717, 1.165) is 12.8 Å². The molecular weight excluding hydrogens is 258 g/mol. The summed E-state index contributed by atoms with van der Waals surface area (Å²) in [5.41, 5.74) is 5.32. The number of amides is 1. The zero-order valence-corrected chi connectivity index (χ0v) is 11.5. The Kier molecular flexibility index (Phi) is 4.22. The van der Waals surface area contributed by atoms with Gasteiger partial charge in [-0.25, -0.2) is 0 Å². The highest BCUT2D eigenvalue weighted by atomic mass is 16.6. The van der Waals surface area contributed by atoms with E-state index in [1.807, 2.05) is 6.92 Å². The van der Waals surface area contributed by atoms with E-state index < -0.39 is 10.8 Å². The number of nitrogens with one attached hydrogen (secondary N) is 1. The van der Waals surface area contributed by atoms with Crippen LogP contribution in [-0.4, -0.2) is 16.9 Å². The molecule has 1 unspecified atom stereocenters. The standard InChI is InChI=1S/C14H19N3O3/c1-2-10(8-9-6-7-9)16-14(18)11-4-3-5-12(15)13(11)17(19)20/h3-5,9-10H,2,6-8,15H2,1H3,(H,16,18). The average molecular weight is 277 g/mol. The molecule has 0 aromatic heterocycles. The van der Waals surface area contributed by atoms with E-state index in [9.17, 15) is 14.9 Å². The highest BCUT2D eigenvalue weighted by Gasteiger charge is 2.28. The van der Waals surface area contributed by atoms with Crippen molar-refractivity contribution in [2.24, 2.45) is 5.92 Å². The van der Waals surface area contributed by atoms with Crippen LogP contribution >= 0.6 is 0 Å². The van der Waals surface area contributed by atoms with Crippen molar-refractivity contribution < 1.29 is 9.72 Å². The van der Waals surface area contributed by atoms with Crippen molar-refractivity contribution in [2.45, 2.75) is 38.6 Å². The highest BCUT2D eigenvalue weighted by Crippen LogP contribution is 2.34. The zero-order valence-electron chi connectivity index (χ0n) is 11.5. The predicted molar refractivity (Wildman–Crippen MR) is 76.4 cm³/mol. The minimum atomic E-state index is -0.605. The molecule has 0 saturated heterocycles. The van der Waals surface area contributed by atoms with Crippen LogP contribution in [0.3, 0.4) is 0 Å². The van der Waals surface area contributed by atoms with E-state index in [1.54, 1.807) is 6.07 Å². The van der Waals surface area contributed by atoms with Crippen molar-refractivity contribution in [3.8, 4) is 0 Å². The Balaban J connectivity index is 2.15. The second kappa shape index (κ2) is 5.90. The van der Waals surface area contributed by atoms with Gasteiger partial charge in [0.25, 0.3) is 5.91 Å². The smallest absolute Gasteiger partial charge is 0.304 e. The number of nitrogens with two attached hydrogens (primary N) is 1. The molecule has 1 amide bonds. The third kappa shape index (κ3) is 3.26. The summed E-state index contributed by atoms with van der Waals surface area (Å²) in [4.78, 5) is 22.7. The lowest BCUT2D eigenvalue weighted by Gasteiger charge is -2.16. The first-order valence-electron chi connectivity index (χ1n) is 6.86. The number of hydrogen-bond donors (Lipinski definition) is 2. The molecule has 0 radical (unpaired) electrons. The van der Waals surface area contributed by atoms with E-state index in [-0.39, 0.29) is 23.0 Å². The van der Waals surface area contributed by atoms with Crippen molar-refractivity contribution in [1.29, 1.82) is 0 Å². The SMILES string of the molecule is CCC(CC1CC1)NC(=O)c1cccc(N)c1[N+](=O)[O-]. The number of nitrogens with zero attached hydrogens (tertiary/aromatic N) is 1. The molecule has 1 fully saturated rings. The Hall–Kier alpha value is -2.11. The first kappa shape index (κ1) is 14.3. The van der Waals surface area contributed by atoms with Crippen LogP contribution in [0.25, 0.3) is 0 Å².